The molecule has 2 rings (SSSR count). The summed E-state index contributed by atoms with van der Waals surface area (Å²) in [4.78, 5) is 6.66. The second kappa shape index (κ2) is 8.64. The first-order chi connectivity index (χ1) is 10.3. The molecular formula is C16H25N3O2. The van der Waals surface area contributed by atoms with Crippen LogP contribution in [0.15, 0.2) is 35.3 Å². The number of aliphatic hydroxyl groups excluding tert-OH is 1. The van der Waals surface area contributed by atoms with Crippen molar-refractivity contribution in [2.24, 2.45) is 4.99 Å². The van der Waals surface area contributed by atoms with E-state index >= 15 is 0 Å². The van der Waals surface area contributed by atoms with Crippen molar-refractivity contribution in [3.05, 3.63) is 35.9 Å². The molecule has 116 valence electrons. The lowest BCUT2D eigenvalue weighted by Crippen LogP contribution is -2.40. The van der Waals surface area contributed by atoms with Gasteiger partial charge in [-0.3, -0.25) is 4.99 Å². The van der Waals surface area contributed by atoms with E-state index in [0.29, 0.717) is 26.3 Å². The standard InChI is InChI=1S/C16H25N3O2/c1-2-17-16(19-10-8-15(20)12-19)18-9-11-21-13-14-6-4-3-5-7-14/h3-7,15,20H,2,8-13H2,1H3,(H,17,18)/t15-/m1/s1. The number of hydrogen-bond donors (Lipinski definition) is 2. The van der Waals surface area contributed by atoms with Gasteiger partial charge in [0.05, 0.1) is 25.9 Å². The van der Waals surface area contributed by atoms with Gasteiger partial charge < -0.3 is 20.1 Å². The number of ether oxygens (including phenoxy) is 1. The second-order valence-corrected chi connectivity index (χ2v) is 5.16. The lowest BCUT2D eigenvalue weighted by Gasteiger charge is -2.20. The fraction of sp³-hybridized carbons (Fsp3) is 0.562. The summed E-state index contributed by atoms with van der Waals surface area (Å²) in [5.74, 6) is 0.873. The minimum Gasteiger partial charge on any atom is -0.391 e. The van der Waals surface area contributed by atoms with Crippen LogP contribution in [0, 0.1) is 0 Å². The van der Waals surface area contributed by atoms with Gasteiger partial charge in [0, 0.05) is 19.6 Å². The largest absolute Gasteiger partial charge is 0.391 e. The molecule has 1 atom stereocenters. The van der Waals surface area contributed by atoms with Crippen LogP contribution in [0.5, 0.6) is 0 Å². The third-order valence-corrected chi connectivity index (χ3v) is 3.41. The smallest absolute Gasteiger partial charge is 0.194 e. The number of aliphatic imine (C=N–C) groups is 1. The molecule has 0 aliphatic carbocycles. The Morgan fingerprint density at radius 2 is 2.24 bits per heavy atom. The SMILES string of the molecule is CCNC(=NCCOCc1ccccc1)N1CC[C@@H](O)C1. The van der Waals surface area contributed by atoms with Crippen molar-refractivity contribution in [2.45, 2.75) is 26.1 Å². The highest BCUT2D eigenvalue weighted by Gasteiger charge is 2.22. The highest BCUT2D eigenvalue weighted by Crippen LogP contribution is 2.08. The Morgan fingerprint density at radius 1 is 1.43 bits per heavy atom. The maximum Gasteiger partial charge on any atom is 0.194 e. The summed E-state index contributed by atoms with van der Waals surface area (Å²) >= 11 is 0. The zero-order valence-corrected chi connectivity index (χ0v) is 12.7. The molecular weight excluding hydrogens is 266 g/mol. The molecule has 1 aromatic rings. The first-order valence-corrected chi connectivity index (χ1v) is 7.62. The second-order valence-electron chi connectivity index (χ2n) is 5.16. The van der Waals surface area contributed by atoms with Crippen molar-refractivity contribution in [1.82, 2.24) is 10.2 Å². The van der Waals surface area contributed by atoms with Crippen molar-refractivity contribution in [2.75, 3.05) is 32.8 Å². The Morgan fingerprint density at radius 3 is 2.90 bits per heavy atom. The molecule has 1 aliphatic heterocycles. The summed E-state index contributed by atoms with van der Waals surface area (Å²) in [6, 6.07) is 10.1. The van der Waals surface area contributed by atoms with Crippen molar-refractivity contribution < 1.29 is 9.84 Å². The fourth-order valence-electron chi connectivity index (χ4n) is 2.34. The Kier molecular flexibility index (Phi) is 6.50. The number of likely N-dealkylation sites (tertiary alicyclic amines) is 1. The summed E-state index contributed by atoms with van der Waals surface area (Å²) in [6.45, 7) is 6.25. The summed E-state index contributed by atoms with van der Waals surface area (Å²) in [7, 11) is 0. The normalized spacial score (nSPS) is 19.0. The van der Waals surface area contributed by atoms with E-state index in [0.717, 1.165) is 25.5 Å². The van der Waals surface area contributed by atoms with Gasteiger partial charge >= 0.3 is 0 Å². The number of hydrogen-bond acceptors (Lipinski definition) is 3. The molecule has 5 heteroatoms. The molecule has 2 N–H and O–H groups in total. The van der Waals surface area contributed by atoms with E-state index in [4.69, 9.17) is 4.74 Å². The van der Waals surface area contributed by atoms with Gasteiger partial charge in [-0.1, -0.05) is 30.3 Å². The Bertz CT molecular complexity index is 436. The molecule has 0 radical (unpaired) electrons. The highest BCUT2D eigenvalue weighted by atomic mass is 16.5. The Balaban J connectivity index is 1.72. The third kappa shape index (κ3) is 5.36. The van der Waals surface area contributed by atoms with Gasteiger partial charge in [0.25, 0.3) is 0 Å². The average Bonchev–Trinajstić information content (AvgIpc) is 2.93. The van der Waals surface area contributed by atoms with Gasteiger partial charge in [0.2, 0.25) is 0 Å². The lowest BCUT2D eigenvalue weighted by atomic mass is 10.2. The van der Waals surface area contributed by atoms with Gasteiger partial charge in [0.1, 0.15) is 0 Å². The van der Waals surface area contributed by atoms with Crippen molar-refractivity contribution in [3.8, 4) is 0 Å². The maximum atomic E-state index is 9.60. The van der Waals surface area contributed by atoms with Crippen LogP contribution in [0.4, 0.5) is 0 Å². The van der Waals surface area contributed by atoms with Crippen molar-refractivity contribution >= 4 is 5.96 Å². The minimum atomic E-state index is -0.233. The minimum absolute atomic E-state index is 0.233. The molecule has 0 saturated carbocycles. The maximum absolute atomic E-state index is 9.60. The van der Waals surface area contributed by atoms with E-state index in [2.05, 4.69) is 27.3 Å². The number of benzene rings is 1. The summed E-state index contributed by atoms with van der Waals surface area (Å²) in [6.07, 6.45) is 0.581. The number of β-amino-alcohol motifs (C(OH)–C–C–N with tert-alkyl or cyclic N) is 1. The molecule has 21 heavy (non-hydrogen) atoms. The predicted molar refractivity (Wildman–Crippen MR) is 84.3 cm³/mol. The quantitative estimate of drug-likeness (QED) is 0.470. The van der Waals surface area contributed by atoms with Crippen LogP contribution < -0.4 is 5.32 Å². The molecule has 1 aromatic carbocycles. The molecule has 0 spiro atoms. The molecule has 5 nitrogen and oxygen atoms in total. The number of nitrogens with zero attached hydrogens (tertiary/aromatic N) is 2. The monoisotopic (exact) mass is 291 g/mol. The predicted octanol–water partition coefficient (Wildman–Crippen LogP) is 1.24. The molecule has 1 saturated heterocycles. The van der Waals surface area contributed by atoms with Gasteiger partial charge in [-0.2, -0.15) is 0 Å². The first-order valence-electron chi connectivity index (χ1n) is 7.62. The number of nitrogens with one attached hydrogen (secondary N) is 1. The van der Waals surface area contributed by atoms with Crippen LogP contribution >= 0.6 is 0 Å². The van der Waals surface area contributed by atoms with Crippen LogP contribution in [0.25, 0.3) is 0 Å². The molecule has 0 unspecified atom stereocenters. The van der Waals surface area contributed by atoms with Gasteiger partial charge in [-0.05, 0) is 18.9 Å². The van der Waals surface area contributed by atoms with Crippen LogP contribution in [-0.4, -0.2) is 54.9 Å². The Hall–Kier alpha value is -1.59. The van der Waals surface area contributed by atoms with Gasteiger partial charge in [0.15, 0.2) is 5.96 Å². The lowest BCUT2D eigenvalue weighted by molar-refractivity contribution is 0.128. The number of rotatable bonds is 6. The zero-order chi connectivity index (χ0) is 14.9. The molecule has 0 aromatic heterocycles. The Labute approximate surface area is 126 Å². The van der Waals surface area contributed by atoms with E-state index in [1.807, 2.05) is 25.1 Å². The van der Waals surface area contributed by atoms with E-state index in [1.54, 1.807) is 0 Å². The molecule has 1 fully saturated rings. The van der Waals surface area contributed by atoms with Crippen molar-refractivity contribution in [1.29, 1.82) is 0 Å². The van der Waals surface area contributed by atoms with E-state index in [9.17, 15) is 5.11 Å². The zero-order valence-electron chi connectivity index (χ0n) is 12.7. The molecule has 0 amide bonds. The molecule has 1 heterocycles. The fourth-order valence-corrected chi connectivity index (χ4v) is 2.34. The average molecular weight is 291 g/mol. The van der Waals surface area contributed by atoms with Crippen LogP contribution in [0.1, 0.15) is 18.9 Å². The summed E-state index contributed by atoms with van der Waals surface area (Å²) < 4.78 is 5.63. The first kappa shape index (κ1) is 15.8. The number of aliphatic hydroxyl groups is 1. The van der Waals surface area contributed by atoms with Gasteiger partial charge in [-0.15, -0.1) is 0 Å². The van der Waals surface area contributed by atoms with Gasteiger partial charge in [-0.25, -0.2) is 0 Å². The summed E-state index contributed by atoms with van der Waals surface area (Å²) in [5, 5.41) is 12.9. The van der Waals surface area contributed by atoms with E-state index < -0.39 is 0 Å². The van der Waals surface area contributed by atoms with Crippen LogP contribution in [0.3, 0.4) is 0 Å². The third-order valence-electron chi connectivity index (χ3n) is 3.41. The van der Waals surface area contributed by atoms with E-state index in [1.165, 1.54) is 5.56 Å². The highest BCUT2D eigenvalue weighted by molar-refractivity contribution is 5.80. The van der Waals surface area contributed by atoms with Crippen LogP contribution in [-0.2, 0) is 11.3 Å². The molecule has 0 bridgehead atoms. The van der Waals surface area contributed by atoms with E-state index in [-0.39, 0.29) is 6.10 Å². The topological polar surface area (TPSA) is 57.1 Å². The summed E-state index contributed by atoms with van der Waals surface area (Å²) in [5.41, 5.74) is 1.18. The molecule has 1 aliphatic rings. The van der Waals surface area contributed by atoms with Crippen molar-refractivity contribution in [3.63, 3.8) is 0 Å². The number of guanidine groups is 1. The van der Waals surface area contributed by atoms with Crippen LogP contribution in [0.2, 0.25) is 0 Å².